The van der Waals surface area contributed by atoms with E-state index in [1.54, 1.807) is 24.3 Å². The predicted octanol–water partition coefficient (Wildman–Crippen LogP) is 4.56. The summed E-state index contributed by atoms with van der Waals surface area (Å²) in [6, 6.07) is 23.2. The zero-order chi connectivity index (χ0) is 25.5. The number of sulfone groups is 1. The number of nitrogens with zero attached hydrogens (tertiary/aromatic N) is 1. The van der Waals surface area contributed by atoms with E-state index in [-0.39, 0.29) is 15.7 Å². The van der Waals surface area contributed by atoms with Crippen molar-refractivity contribution in [3.8, 4) is 0 Å². The Morgan fingerprint density at radius 1 is 0.917 bits per heavy atom. The number of nitrogens with two attached hydrogens (primary N) is 1. The van der Waals surface area contributed by atoms with E-state index < -0.39 is 36.8 Å². The Labute approximate surface area is 213 Å². The molecule has 2 atom stereocenters. The molecule has 36 heavy (non-hydrogen) atoms. The number of fused-ring (bicyclic) bond motifs is 1. The third-order valence-electron chi connectivity index (χ3n) is 7.30. The molecule has 2 unspecified atom stereocenters. The second-order valence-electron chi connectivity index (χ2n) is 9.49. The average molecular weight is 527 g/mol. The second-order valence-corrected chi connectivity index (χ2v) is 13.7. The summed E-state index contributed by atoms with van der Waals surface area (Å²) in [6.07, 6.45) is 1.59. The van der Waals surface area contributed by atoms with E-state index in [0.717, 1.165) is 38.0 Å². The molecule has 2 aliphatic rings. The molecule has 3 aromatic rings. The van der Waals surface area contributed by atoms with E-state index in [2.05, 4.69) is 17.0 Å². The van der Waals surface area contributed by atoms with Crippen LogP contribution in [0, 0.1) is 0 Å². The molecule has 2 heterocycles. The lowest BCUT2D eigenvalue weighted by atomic mass is 9.85. The van der Waals surface area contributed by atoms with E-state index in [1.807, 2.05) is 24.3 Å². The van der Waals surface area contributed by atoms with Gasteiger partial charge in [-0.2, -0.15) is 10.6 Å². The molecule has 2 aliphatic heterocycles. The average Bonchev–Trinajstić information content (AvgIpc) is 3.13. The quantitative estimate of drug-likeness (QED) is 0.433. The first kappa shape index (κ1) is 25.0. The molecule has 0 bridgehead atoms. The summed E-state index contributed by atoms with van der Waals surface area (Å²) in [5.41, 5.74) is 7.97. The third-order valence-corrected chi connectivity index (χ3v) is 11.8. The van der Waals surface area contributed by atoms with Gasteiger partial charge in [0.1, 0.15) is 5.25 Å². The molecule has 1 fully saturated rings. The molecule has 190 valence electrons. The van der Waals surface area contributed by atoms with Crippen LogP contribution in [0.4, 0.5) is 0 Å². The minimum absolute atomic E-state index is 0.0248. The van der Waals surface area contributed by atoms with E-state index in [1.165, 1.54) is 23.8 Å². The Morgan fingerprint density at radius 2 is 1.53 bits per heavy atom. The van der Waals surface area contributed by atoms with Crippen LogP contribution >= 0.6 is 10.6 Å². The molecule has 1 saturated heterocycles. The van der Waals surface area contributed by atoms with E-state index >= 15 is 0 Å². The highest BCUT2D eigenvalue weighted by molar-refractivity contribution is 8.26. The van der Waals surface area contributed by atoms with E-state index in [4.69, 9.17) is 5.73 Å². The lowest BCUT2D eigenvalue weighted by Crippen LogP contribution is -2.38. The van der Waals surface area contributed by atoms with Crippen LogP contribution in [0.15, 0.2) is 88.7 Å². The fraction of sp³-hybridized carbons (Fsp3) is 0.296. The number of hydrogen-bond donors (Lipinski definition) is 3. The minimum Gasteiger partial charge on any atom is -0.368 e. The molecule has 0 aromatic heterocycles. The first-order valence-corrected chi connectivity index (χ1v) is 15.1. The number of benzene rings is 3. The van der Waals surface area contributed by atoms with Crippen LogP contribution in [-0.4, -0.2) is 46.7 Å². The van der Waals surface area contributed by atoms with Gasteiger partial charge in [-0.25, -0.2) is 8.42 Å². The predicted molar refractivity (Wildman–Crippen MR) is 141 cm³/mol. The highest BCUT2D eigenvalue weighted by Gasteiger charge is 2.55. The van der Waals surface area contributed by atoms with Crippen LogP contribution in [0.25, 0.3) is 0 Å². The fourth-order valence-corrected chi connectivity index (χ4v) is 10.3. The number of amides is 1. The fourth-order valence-electron chi connectivity index (χ4n) is 5.57. The topological polar surface area (TPSA) is 121 Å². The number of likely N-dealkylation sites (tertiary alicyclic amines) is 1. The van der Waals surface area contributed by atoms with Crippen molar-refractivity contribution in [2.45, 2.75) is 45.6 Å². The number of primary amides is 1. The first-order chi connectivity index (χ1) is 17.2. The van der Waals surface area contributed by atoms with Crippen molar-refractivity contribution in [3.63, 3.8) is 0 Å². The van der Waals surface area contributed by atoms with Gasteiger partial charge in [0.25, 0.3) is 0 Å². The van der Waals surface area contributed by atoms with Crippen LogP contribution in [0.3, 0.4) is 0 Å². The lowest BCUT2D eigenvalue weighted by Gasteiger charge is -2.34. The smallest absolute Gasteiger partial charge is 0.241 e. The minimum atomic E-state index is -4.14. The number of piperidine rings is 1. The molecule has 7 nitrogen and oxygen atoms in total. The molecular formula is C27H30N2O5S2. The first-order valence-electron chi connectivity index (χ1n) is 12.0. The number of hydrogen-bond acceptors (Lipinski definition) is 6. The van der Waals surface area contributed by atoms with E-state index in [9.17, 15) is 22.3 Å². The maximum absolute atomic E-state index is 13.9. The summed E-state index contributed by atoms with van der Waals surface area (Å²) < 4.78 is 50.0. The molecule has 3 aromatic carbocycles. The molecule has 9 heteroatoms. The summed E-state index contributed by atoms with van der Waals surface area (Å²) in [4.78, 5) is 15.0. The van der Waals surface area contributed by atoms with Gasteiger partial charge in [0.15, 0.2) is 15.1 Å². The molecule has 5 rings (SSSR count). The SMILES string of the molecule is NC(=O)C1C(S(=O)(=O)c2ccccc2)c2c(C3CCN(Cc4ccccc4)CC3)cccc2S1(O)O. The van der Waals surface area contributed by atoms with Gasteiger partial charge < -0.3 is 5.73 Å². The van der Waals surface area contributed by atoms with Crippen molar-refractivity contribution in [1.82, 2.24) is 4.90 Å². The van der Waals surface area contributed by atoms with Gasteiger partial charge in [0.05, 0.1) is 9.79 Å². The van der Waals surface area contributed by atoms with Crippen LogP contribution < -0.4 is 5.73 Å². The van der Waals surface area contributed by atoms with E-state index in [0.29, 0.717) is 5.56 Å². The number of carbonyl (C=O) groups is 1. The maximum Gasteiger partial charge on any atom is 0.241 e. The van der Waals surface area contributed by atoms with Crippen LogP contribution in [0.1, 0.15) is 40.7 Å². The Balaban J connectivity index is 1.52. The molecule has 1 amide bonds. The largest absolute Gasteiger partial charge is 0.368 e. The van der Waals surface area contributed by atoms with Crippen molar-refractivity contribution < 1.29 is 22.3 Å². The van der Waals surface area contributed by atoms with Gasteiger partial charge >= 0.3 is 0 Å². The van der Waals surface area contributed by atoms with Gasteiger partial charge in [0, 0.05) is 6.54 Å². The monoisotopic (exact) mass is 526 g/mol. The van der Waals surface area contributed by atoms with Crippen molar-refractivity contribution >= 4 is 26.3 Å². The molecule has 0 saturated carbocycles. The van der Waals surface area contributed by atoms with Crippen LogP contribution in [0.5, 0.6) is 0 Å². The van der Waals surface area contributed by atoms with Crippen LogP contribution in [0.2, 0.25) is 0 Å². The Hall–Kier alpha value is -2.69. The summed E-state index contributed by atoms with van der Waals surface area (Å²) in [5, 5.41) is -3.09. The van der Waals surface area contributed by atoms with Crippen molar-refractivity contribution in [2.75, 3.05) is 13.1 Å². The number of carbonyl (C=O) groups excluding carboxylic acids is 1. The Morgan fingerprint density at radius 3 is 2.14 bits per heavy atom. The van der Waals surface area contributed by atoms with Gasteiger partial charge in [-0.3, -0.25) is 18.8 Å². The lowest BCUT2D eigenvalue weighted by molar-refractivity contribution is -0.117. The third kappa shape index (κ3) is 4.35. The Kier molecular flexibility index (Phi) is 6.69. The second kappa shape index (κ2) is 9.64. The summed E-state index contributed by atoms with van der Waals surface area (Å²) in [7, 11) is -7.90. The Bertz CT molecular complexity index is 1360. The van der Waals surface area contributed by atoms with Gasteiger partial charge in [0.2, 0.25) is 5.91 Å². The van der Waals surface area contributed by atoms with Gasteiger partial charge in [-0.05, 0) is 66.7 Å². The zero-order valence-electron chi connectivity index (χ0n) is 19.7. The summed E-state index contributed by atoms with van der Waals surface area (Å²) in [5.74, 6) is -0.999. The standard InChI is InChI=1S/C27H30N2O5S2/c28-27(30)26-25(35(31,32)21-10-5-2-6-11-21)24-22(12-7-13-23(24)36(26,33)34)20-14-16-29(17-15-20)18-19-8-3-1-4-9-19/h1-13,20,25-26,33-34H,14-18H2,(H2,28,30). The normalized spacial score (nSPS) is 23.2. The number of rotatable bonds is 6. The molecule has 0 spiro atoms. The summed E-state index contributed by atoms with van der Waals surface area (Å²) in [6.45, 7) is 2.50. The highest BCUT2D eigenvalue weighted by atomic mass is 32.3. The van der Waals surface area contributed by atoms with Crippen LogP contribution in [-0.2, 0) is 21.2 Å². The maximum atomic E-state index is 13.9. The van der Waals surface area contributed by atoms with Crippen molar-refractivity contribution in [1.29, 1.82) is 0 Å². The van der Waals surface area contributed by atoms with Gasteiger partial charge in [-0.15, -0.1) is 0 Å². The molecule has 0 aliphatic carbocycles. The van der Waals surface area contributed by atoms with Crippen molar-refractivity contribution in [2.24, 2.45) is 5.73 Å². The molecular weight excluding hydrogens is 496 g/mol. The van der Waals surface area contributed by atoms with Gasteiger partial charge in [-0.1, -0.05) is 60.7 Å². The molecule has 4 N–H and O–H groups in total. The molecule has 0 radical (unpaired) electrons. The summed E-state index contributed by atoms with van der Waals surface area (Å²) >= 11 is 0. The van der Waals surface area contributed by atoms with Crippen molar-refractivity contribution in [3.05, 3.63) is 95.6 Å². The highest BCUT2D eigenvalue weighted by Crippen LogP contribution is 2.67. The zero-order valence-corrected chi connectivity index (χ0v) is 21.4.